The van der Waals surface area contributed by atoms with Gasteiger partial charge in [-0.15, -0.1) is 0 Å². The highest BCUT2D eigenvalue weighted by molar-refractivity contribution is 5.69. The molecular formula is C23H25N3O. The second-order valence-corrected chi connectivity index (χ2v) is 7.23. The number of nitrogens with zero attached hydrogens (tertiary/aromatic N) is 3. The smallest absolute Gasteiger partial charge is 0.178 e. The molecule has 0 saturated heterocycles. The number of benzene rings is 1. The Kier molecular flexibility index (Phi) is 4.88. The summed E-state index contributed by atoms with van der Waals surface area (Å²) in [6.45, 7) is 4.08. The van der Waals surface area contributed by atoms with Crippen LogP contribution < -0.4 is 4.74 Å². The number of hydrogen-bond acceptors (Lipinski definition) is 4. The van der Waals surface area contributed by atoms with Crippen molar-refractivity contribution in [2.45, 2.75) is 46.0 Å². The van der Waals surface area contributed by atoms with Crippen LogP contribution in [0, 0.1) is 13.8 Å². The van der Waals surface area contributed by atoms with E-state index in [0.29, 0.717) is 0 Å². The summed E-state index contributed by atoms with van der Waals surface area (Å²) in [5.74, 6) is 1.63. The van der Waals surface area contributed by atoms with E-state index in [1.165, 1.54) is 30.5 Å². The Balaban J connectivity index is 1.91. The topological polar surface area (TPSA) is 47.9 Å². The summed E-state index contributed by atoms with van der Waals surface area (Å²) in [4.78, 5) is 14.6. The summed E-state index contributed by atoms with van der Waals surface area (Å²) in [6.07, 6.45) is 5.68. The molecule has 0 saturated carbocycles. The Bertz CT molecular complexity index is 981. The Morgan fingerprint density at radius 2 is 1.74 bits per heavy atom. The lowest BCUT2D eigenvalue weighted by Gasteiger charge is -2.15. The van der Waals surface area contributed by atoms with Gasteiger partial charge < -0.3 is 4.74 Å². The first-order chi connectivity index (χ1) is 13.2. The molecule has 4 nitrogen and oxygen atoms in total. The quantitative estimate of drug-likeness (QED) is 0.611. The van der Waals surface area contributed by atoms with Gasteiger partial charge in [0.25, 0.3) is 0 Å². The van der Waals surface area contributed by atoms with E-state index < -0.39 is 0 Å². The van der Waals surface area contributed by atoms with Gasteiger partial charge in [-0.05, 0) is 75.4 Å². The van der Waals surface area contributed by atoms with Crippen molar-refractivity contribution >= 4 is 0 Å². The molecule has 0 spiro atoms. The highest BCUT2D eigenvalue weighted by Crippen LogP contribution is 2.33. The minimum absolute atomic E-state index is 0.725. The van der Waals surface area contributed by atoms with Gasteiger partial charge in [0.1, 0.15) is 11.4 Å². The molecule has 0 N–H and O–H groups in total. The molecular weight excluding hydrogens is 334 g/mol. The van der Waals surface area contributed by atoms with E-state index in [4.69, 9.17) is 14.7 Å². The van der Waals surface area contributed by atoms with Crippen LogP contribution in [0.2, 0.25) is 0 Å². The number of ether oxygens (including phenoxy) is 1. The van der Waals surface area contributed by atoms with Crippen LogP contribution in [0.1, 0.15) is 41.8 Å². The third kappa shape index (κ3) is 3.57. The fraction of sp³-hybridized carbons (Fsp3) is 0.348. The number of hydrogen-bond donors (Lipinski definition) is 0. The van der Waals surface area contributed by atoms with Crippen LogP contribution >= 0.6 is 0 Å². The lowest BCUT2D eigenvalue weighted by molar-refractivity contribution is 0.412. The molecule has 27 heavy (non-hydrogen) atoms. The Morgan fingerprint density at radius 1 is 0.889 bits per heavy atom. The van der Waals surface area contributed by atoms with Crippen molar-refractivity contribution in [1.29, 1.82) is 0 Å². The first-order valence-corrected chi connectivity index (χ1v) is 9.64. The summed E-state index contributed by atoms with van der Waals surface area (Å²) in [6, 6.07) is 12.3. The highest BCUT2D eigenvalue weighted by atomic mass is 16.5. The van der Waals surface area contributed by atoms with Crippen molar-refractivity contribution in [3.8, 4) is 28.5 Å². The normalized spacial score (nSPS) is 13.7. The summed E-state index contributed by atoms with van der Waals surface area (Å²) in [5.41, 5.74) is 7.60. The maximum Gasteiger partial charge on any atom is 0.178 e. The van der Waals surface area contributed by atoms with Gasteiger partial charge >= 0.3 is 0 Å². The molecule has 138 valence electrons. The molecule has 2 heterocycles. The van der Waals surface area contributed by atoms with E-state index >= 15 is 0 Å². The van der Waals surface area contributed by atoms with Gasteiger partial charge in [0.15, 0.2) is 5.82 Å². The number of pyridine rings is 1. The molecule has 0 bridgehead atoms. The summed E-state index contributed by atoms with van der Waals surface area (Å²) in [7, 11) is 1.71. The van der Waals surface area contributed by atoms with E-state index in [-0.39, 0.29) is 0 Å². The molecule has 0 amide bonds. The lowest BCUT2D eigenvalue weighted by Crippen LogP contribution is -2.05. The van der Waals surface area contributed by atoms with Gasteiger partial charge in [-0.25, -0.2) is 15.0 Å². The van der Waals surface area contributed by atoms with Crippen LogP contribution in [0.25, 0.3) is 22.8 Å². The first kappa shape index (κ1) is 17.7. The average Bonchev–Trinajstić information content (AvgIpc) is 2.92. The van der Waals surface area contributed by atoms with Gasteiger partial charge in [-0.3, -0.25) is 0 Å². The zero-order valence-electron chi connectivity index (χ0n) is 16.2. The van der Waals surface area contributed by atoms with Gasteiger partial charge in [0.2, 0.25) is 0 Å². The van der Waals surface area contributed by atoms with E-state index in [0.717, 1.165) is 52.6 Å². The standard InChI is InChI=1S/C23H25N3O/c1-15-14-17(12-13-21(15)27-3)22-18-9-5-4-6-10-19(18)25-23(26-22)20-11-7-8-16(2)24-20/h7-8,11-14H,4-6,9-10H2,1-3H3. The molecule has 0 atom stereocenters. The van der Waals surface area contributed by atoms with Gasteiger partial charge in [-0.1, -0.05) is 12.5 Å². The Hall–Kier alpha value is -2.75. The Morgan fingerprint density at radius 3 is 2.52 bits per heavy atom. The van der Waals surface area contributed by atoms with Crippen LogP contribution in [0.15, 0.2) is 36.4 Å². The third-order valence-electron chi connectivity index (χ3n) is 5.22. The molecule has 3 aromatic rings. The maximum absolute atomic E-state index is 5.43. The van der Waals surface area contributed by atoms with Crippen molar-refractivity contribution in [2.75, 3.05) is 7.11 Å². The van der Waals surface area contributed by atoms with Crippen molar-refractivity contribution < 1.29 is 4.74 Å². The molecule has 0 unspecified atom stereocenters. The number of methoxy groups -OCH3 is 1. The zero-order chi connectivity index (χ0) is 18.8. The average molecular weight is 359 g/mol. The predicted octanol–water partition coefficient (Wildman–Crippen LogP) is 5.10. The molecule has 2 aromatic heterocycles. The zero-order valence-corrected chi connectivity index (χ0v) is 16.2. The molecule has 4 rings (SSSR count). The predicted molar refractivity (Wildman–Crippen MR) is 108 cm³/mol. The minimum atomic E-state index is 0.725. The molecule has 0 aliphatic heterocycles. The van der Waals surface area contributed by atoms with Gasteiger partial charge in [-0.2, -0.15) is 0 Å². The summed E-state index contributed by atoms with van der Waals surface area (Å²) < 4.78 is 5.43. The van der Waals surface area contributed by atoms with Gasteiger partial charge in [0.05, 0.1) is 12.8 Å². The first-order valence-electron chi connectivity index (χ1n) is 9.64. The monoisotopic (exact) mass is 359 g/mol. The number of rotatable bonds is 3. The largest absolute Gasteiger partial charge is 0.496 e. The van der Waals surface area contributed by atoms with E-state index in [2.05, 4.69) is 24.0 Å². The molecule has 1 aromatic carbocycles. The number of aromatic nitrogens is 3. The van der Waals surface area contributed by atoms with E-state index in [1.807, 2.05) is 31.2 Å². The molecule has 1 aliphatic carbocycles. The van der Waals surface area contributed by atoms with Crippen LogP contribution in [0.5, 0.6) is 5.75 Å². The second-order valence-electron chi connectivity index (χ2n) is 7.23. The fourth-order valence-corrected chi connectivity index (χ4v) is 3.82. The maximum atomic E-state index is 5.43. The van der Waals surface area contributed by atoms with Crippen molar-refractivity contribution in [3.05, 3.63) is 58.9 Å². The second kappa shape index (κ2) is 7.47. The number of aryl methyl sites for hydroxylation is 3. The molecule has 1 aliphatic rings. The van der Waals surface area contributed by atoms with Crippen LogP contribution in [0.4, 0.5) is 0 Å². The van der Waals surface area contributed by atoms with E-state index in [9.17, 15) is 0 Å². The highest BCUT2D eigenvalue weighted by Gasteiger charge is 2.19. The summed E-state index contributed by atoms with van der Waals surface area (Å²) >= 11 is 0. The van der Waals surface area contributed by atoms with Gasteiger partial charge in [0, 0.05) is 22.5 Å². The molecule has 4 heteroatoms. The SMILES string of the molecule is COc1ccc(-c2nc(-c3cccc(C)n3)nc3c2CCCCC3)cc1C. The molecule has 0 radical (unpaired) electrons. The van der Waals surface area contributed by atoms with E-state index in [1.54, 1.807) is 7.11 Å². The van der Waals surface area contributed by atoms with Crippen LogP contribution in [-0.2, 0) is 12.8 Å². The third-order valence-corrected chi connectivity index (χ3v) is 5.22. The Labute approximate surface area is 160 Å². The minimum Gasteiger partial charge on any atom is -0.496 e. The van der Waals surface area contributed by atoms with Crippen LogP contribution in [-0.4, -0.2) is 22.1 Å². The number of fused-ring (bicyclic) bond motifs is 1. The van der Waals surface area contributed by atoms with Crippen LogP contribution in [0.3, 0.4) is 0 Å². The molecule has 0 fully saturated rings. The fourth-order valence-electron chi connectivity index (χ4n) is 3.82. The van der Waals surface area contributed by atoms with Crippen molar-refractivity contribution in [1.82, 2.24) is 15.0 Å². The summed E-state index contributed by atoms with van der Waals surface area (Å²) in [5, 5.41) is 0. The van der Waals surface area contributed by atoms with Crippen molar-refractivity contribution in [3.63, 3.8) is 0 Å². The lowest BCUT2D eigenvalue weighted by atomic mass is 9.99. The van der Waals surface area contributed by atoms with Crippen molar-refractivity contribution in [2.24, 2.45) is 0 Å².